The summed E-state index contributed by atoms with van der Waals surface area (Å²) in [6.45, 7) is 8.53. The maximum atomic E-state index is 13.7. The number of aromatic nitrogens is 1. The highest BCUT2D eigenvalue weighted by molar-refractivity contribution is 6.55. The summed E-state index contributed by atoms with van der Waals surface area (Å²) in [5, 5.41) is 3.07. The van der Waals surface area contributed by atoms with Gasteiger partial charge in [0.05, 0.1) is 11.2 Å². The van der Waals surface area contributed by atoms with Gasteiger partial charge in [0.1, 0.15) is 0 Å². The molecule has 0 bridgehead atoms. The van der Waals surface area contributed by atoms with E-state index in [1.807, 2.05) is 34.7 Å². The maximum Gasteiger partial charge on any atom is 0.491 e. The number of nitrogens with zero attached hydrogens (tertiary/aromatic N) is 1. The Balaban J connectivity index is 2.31. The van der Waals surface area contributed by atoms with E-state index in [9.17, 15) is 4.39 Å². The first-order valence-corrected chi connectivity index (χ1v) is 7.08. The van der Waals surface area contributed by atoms with Gasteiger partial charge in [0.25, 0.3) is 0 Å². The van der Waals surface area contributed by atoms with Crippen LogP contribution in [0.25, 0.3) is 6.08 Å². The number of nitrogens with one attached hydrogen (secondary N) is 1. The van der Waals surface area contributed by atoms with Crippen molar-refractivity contribution in [1.82, 2.24) is 10.3 Å². The van der Waals surface area contributed by atoms with Crippen molar-refractivity contribution in [2.75, 3.05) is 13.6 Å². The number of pyridine rings is 1. The molecule has 1 fully saturated rings. The molecule has 2 rings (SSSR count). The van der Waals surface area contributed by atoms with Crippen LogP contribution in [0.15, 0.2) is 23.8 Å². The molecule has 6 heteroatoms. The second-order valence-corrected chi connectivity index (χ2v) is 6.22. The highest BCUT2D eigenvalue weighted by Crippen LogP contribution is 2.38. The van der Waals surface area contributed by atoms with E-state index in [-0.39, 0.29) is 0 Å². The molecule has 1 N–H and O–H groups in total. The summed E-state index contributed by atoms with van der Waals surface area (Å²) in [6, 6.07) is 3.39. The Bertz CT molecular complexity index is 530. The van der Waals surface area contributed by atoms with Gasteiger partial charge in [0, 0.05) is 18.3 Å². The molecule has 0 radical (unpaired) electrons. The quantitative estimate of drug-likeness (QED) is 0.684. The third-order valence-corrected chi connectivity index (χ3v) is 4.07. The summed E-state index contributed by atoms with van der Waals surface area (Å²) < 4.78 is 25.8. The van der Waals surface area contributed by atoms with Gasteiger partial charge in [-0.05, 0) is 52.3 Å². The Morgan fingerprint density at radius 1 is 1.33 bits per heavy atom. The monoisotopic (exact) mass is 292 g/mol. The van der Waals surface area contributed by atoms with Crippen molar-refractivity contribution in [2.24, 2.45) is 0 Å². The van der Waals surface area contributed by atoms with E-state index in [0.29, 0.717) is 12.1 Å². The minimum Gasteiger partial charge on any atom is -0.400 e. The molecule has 1 aromatic heterocycles. The summed E-state index contributed by atoms with van der Waals surface area (Å²) in [5.41, 5.74) is 0.427. The Hall–Kier alpha value is -1.24. The van der Waals surface area contributed by atoms with Crippen LogP contribution in [-0.2, 0) is 9.31 Å². The molecule has 1 aliphatic heterocycles. The van der Waals surface area contributed by atoms with Gasteiger partial charge in [-0.25, -0.2) is 4.98 Å². The van der Waals surface area contributed by atoms with Crippen molar-refractivity contribution in [3.8, 4) is 0 Å². The van der Waals surface area contributed by atoms with Gasteiger partial charge in [0.15, 0.2) is 0 Å². The molecule has 0 aliphatic carbocycles. The molecule has 4 nitrogen and oxygen atoms in total. The van der Waals surface area contributed by atoms with Crippen LogP contribution >= 0.6 is 0 Å². The van der Waals surface area contributed by atoms with Crippen LogP contribution < -0.4 is 5.32 Å². The van der Waals surface area contributed by atoms with Crippen molar-refractivity contribution in [2.45, 2.75) is 38.9 Å². The van der Waals surface area contributed by atoms with E-state index >= 15 is 0 Å². The zero-order chi connectivity index (χ0) is 15.7. The Morgan fingerprint density at radius 2 is 1.95 bits per heavy atom. The fourth-order valence-electron chi connectivity index (χ4n) is 2.11. The fourth-order valence-corrected chi connectivity index (χ4v) is 2.11. The van der Waals surface area contributed by atoms with E-state index in [1.54, 1.807) is 18.2 Å². The second-order valence-electron chi connectivity index (χ2n) is 6.22. The molecular weight excluding hydrogens is 270 g/mol. The lowest BCUT2D eigenvalue weighted by Crippen LogP contribution is -2.41. The summed E-state index contributed by atoms with van der Waals surface area (Å²) in [7, 11) is 1.33. The lowest BCUT2D eigenvalue weighted by atomic mass is 9.77. The lowest BCUT2D eigenvalue weighted by Gasteiger charge is -2.32. The van der Waals surface area contributed by atoms with E-state index < -0.39 is 24.3 Å². The number of rotatable bonds is 4. The predicted octanol–water partition coefficient (Wildman–Crippen LogP) is 2.45. The van der Waals surface area contributed by atoms with Gasteiger partial charge in [-0.15, -0.1) is 0 Å². The van der Waals surface area contributed by atoms with E-state index in [1.165, 1.54) is 6.20 Å². The van der Waals surface area contributed by atoms with Crippen LogP contribution in [0, 0.1) is 5.95 Å². The second kappa shape index (κ2) is 5.87. The smallest absolute Gasteiger partial charge is 0.400 e. The topological polar surface area (TPSA) is 43.4 Å². The zero-order valence-electron chi connectivity index (χ0n) is 13.2. The molecule has 0 saturated carbocycles. The number of halogens is 1. The molecule has 1 saturated heterocycles. The Kier molecular flexibility index (Phi) is 4.51. The molecule has 1 aromatic rings. The predicted molar refractivity (Wildman–Crippen MR) is 82.2 cm³/mol. The molecule has 1 aliphatic rings. The number of likely N-dealkylation sites (N-methyl/N-ethyl adjacent to an activating group) is 1. The highest BCUT2D eigenvalue weighted by Gasteiger charge is 2.52. The van der Waals surface area contributed by atoms with Crippen molar-refractivity contribution in [1.29, 1.82) is 0 Å². The molecule has 2 heterocycles. The van der Waals surface area contributed by atoms with Crippen LogP contribution in [0.2, 0.25) is 0 Å². The third-order valence-electron chi connectivity index (χ3n) is 4.07. The van der Waals surface area contributed by atoms with Crippen molar-refractivity contribution < 1.29 is 13.7 Å². The molecule has 0 aromatic carbocycles. The van der Waals surface area contributed by atoms with Gasteiger partial charge in [-0.1, -0.05) is 6.08 Å². The van der Waals surface area contributed by atoms with E-state index in [4.69, 9.17) is 9.31 Å². The first-order valence-electron chi connectivity index (χ1n) is 7.08. The highest BCUT2D eigenvalue weighted by atomic mass is 19.1. The minimum absolute atomic E-state index is 0.419. The molecule has 0 spiro atoms. The third kappa shape index (κ3) is 3.34. The van der Waals surface area contributed by atoms with Crippen LogP contribution in [0.5, 0.6) is 0 Å². The average Bonchev–Trinajstić information content (AvgIpc) is 2.60. The number of hydrogen-bond donors (Lipinski definition) is 1. The molecule has 0 unspecified atom stereocenters. The van der Waals surface area contributed by atoms with E-state index in [0.717, 1.165) is 5.47 Å². The first kappa shape index (κ1) is 16.1. The number of hydrogen-bond acceptors (Lipinski definition) is 4. The summed E-state index contributed by atoms with van der Waals surface area (Å²) >= 11 is 0. The van der Waals surface area contributed by atoms with Gasteiger partial charge in [0.2, 0.25) is 5.95 Å². The van der Waals surface area contributed by atoms with Crippen LogP contribution in [0.1, 0.15) is 33.3 Å². The average molecular weight is 292 g/mol. The summed E-state index contributed by atoms with van der Waals surface area (Å²) in [5.74, 6) is -0.498. The SMILES string of the molecule is CNCC(=Cc1cccnc1F)B1OC(C)(C)C(C)(C)O1. The van der Waals surface area contributed by atoms with Crippen molar-refractivity contribution >= 4 is 13.2 Å². The van der Waals surface area contributed by atoms with Crippen LogP contribution in [0.4, 0.5) is 4.39 Å². The Morgan fingerprint density at radius 3 is 2.48 bits per heavy atom. The Labute approximate surface area is 125 Å². The molecule has 21 heavy (non-hydrogen) atoms. The zero-order valence-corrected chi connectivity index (χ0v) is 13.2. The fraction of sp³-hybridized carbons (Fsp3) is 0.533. The lowest BCUT2D eigenvalue weighted by molar-refractivity contribution is 0.00578. The normalized spacial score (nSPS) is 20.9. The van der Waals surface area contributed by atoms with Gasteiger partial charge in [-0.3, -0.25) is 0 Å². The van der Waals surface area contributed by atoms with Gasteiger partial charge in [-0.2, -0.15) is 4.39 Å². The van der Waals surface area contributed by atoms with Crippen molar-refractivity contribution in [3.05, 3.63) is 35.3 Å². The molecule has 0 atom stereocenters. The van der Waals surface area contributed by atoms with Crippen LogP contribution in [0.3, 0.4) is 0 Å². The molecular formula is C15H22BFN2O2. The van der Waals surface area contributed by atoms with Crippen molar-refractivity contribution in [3.63, 3.8) is 0 Å². The largest absolute Gasteiger partial charge is 0.491 e. The first-order chi connectivity index (χ1) is 9.77. The molecule has 0 amide bonds. The minimum atomic E-state index is -0.498. The van der Waals surface area contributed by atoms with Crippen LogP contribution in [-0.4, -0.2) is 36.9 Å². The van der Waals surface area contributed by atoms with E-state index in [2.05, 4.69) is 10.3 Å². The maximum absolute atomic E-state index is 13.7. The molecule has 114 valence electrons. The van der Waals surface area contributed by atoms with Gasteiger partial charge < -0.3 is 14.6 Å². The standard InChI is InChI=1S/C15H22BFN2O2/c1-14(2)15(3,4)21-16(20-14)12(10-18-5)9-11-7-6-8-19-13(11)17/h6-9,18H,10H2,1-5H3. The summed E-state index contributed by atoms with van der Waals surface area (Å²) in [4.78, 5) is 3.66. The van der Waals surface area contributed by atoms with Gasteiger partial charge >= 0.3 is 7.12 Å². The summed E-state index contributed by atoms with van der Waals surface area (Å²) in [6.07, 6.45) is 3.17.